The number of rotatable bonds is 9. The second-order valence-corrected chi connectivity index (χ2v) is 13.4. The summed E-state index contributed by atoms with van der Waals surface area (Å²) in [6.45, 7) is 0.704. The number of unbranched alkanes of at least 4 members (excludes halogenated alkanes) is 1. The van der Waals surface area contributed by atoms with Gasteiger partial charge >= 0.3 is 0 Å². The molecular formula is C45H34N8O2. The molecule has 0 aromatic carbocycles. The number of nitrogens with one attached hydrogen (secondary N) is 2. The largest absolute Gasteiger partial charge is 0.550 e. The maximum absolute atomic E-state index is 10.9. The van der Waals surface area contributed by atoms with E-state index in [1.165, 1.54) is 0 Å². The molecule has 266 valence electrons. The summed E-state index contributed by atoms with van der Waals surface area (Å²) in [7, 11) is 0. The van der Waals surface area contributed by atoms with Crippen LogP contribution in [-0.2, 0) is 11.3 Å². The molecule has 55 heavy (non-hydrogen) atoms. The summed E-state index contributed by atoms with van der Waals surface area (Å²) in [6.07, 6.45) is 24.5. The van der Waals surface area contributed by atoms with Crippen LogP contribution in [0.1, 0.15) is 42.0 Å². The number of aryl methyl sites for hydroxylation is 1. The maximum Gasteiger partial charge on any atom is 0.169 e. The number of hydrogen-bond donors (Lipinski definition) is 2. The van der Waals surface area contributed by atoms with E-state index in [9.17, 15) is 9.90 Å². The summed E-state index contributed by atoms with van der Waals surface area (Å²) >= 11 is 0. The molecule has 0 spiro atoms. The van der Waals surface area contributed by atoms with Crippen molar-refractivity contribution in [2.75, 3.05) is 0 Å². The zero-order valence-electron chi connectivity index (χ0n) is 29.7. The smallest absolute Gasteiger partial charge is 0.169 e. The Hall–Kier alpha value is -7.33. The molecule has 2 N–H and O–H groups in total. The molecule has 10 heteroatoms. The molecule has 0 saturated carbocycles. The monoisotopic (exact) mass is 718 g/mol. The molecule has 9 rings (SSSR count). The summed E-state index contributed by atoms with van der Waals surface area (Å²) < 4.78 is 2.07. The van der Waals surface area contributed by atoms with Crippen LogP contribution in [0.2, 0.25) is 0 Å². The van der Waals surface area contributed by atoms with Crippen molar-refractivity contribution < 1.29 is 14.5 Å². The van der Waals surface area contributed by atoms with Gasteiger partial charge in [-0.1, -0.05) is 0 Å². The van der Waals surface area contributed by atoms with Crippen LogP contribution in [0.25, 0.3) is 90.9 Å². The van der Waals surface area contributed by atoms with Crippen molar-refractivity contribution >= 4 is 52.3 Å². The van der Waals surface area contributed by atoms with Gasteiger partial charge in [-0.2, -0.15) is 0 Å². The summed E-state index contributed by atoms with van der Waals surface area (Å²) in [6, 6.07) is 24.6. The molecule has 0 radical (unpaired) electrons. The second kappa shape index (κ2) is 14.6. The number of fused-ring (bicyclic) bond motifs is 8. The molecule has 0 unspecified atom stereocenters. The minimum Gasteiger partial charge on any atom is -0.550 e. The summed E-state index contributed by atoms with van der Waals surface area (Å²) in [5, 5.41) is 10.9. The average molecular weight is 719 g/mol. The minimum absolute atomic E-state index is 0.0588. The van der Waals surface area contributed by atoms with Gasteiger partial charge in [-0.25, -0.2) is 14.5 Å². The van der Waals surface area contributed by atoms with Crippen LogP contribution in [0.4, 0.5) is 0 Å². The number of carbonyl (C=O) groups excluding carboxylic acids is 1. The number of hydrogen-bond acceptors (Lipinski definition) is 7. The molecule has 2 aliphatic rings. The number of H-pyrrole nitrogens is 2. The molecule has 10 nitrogen and oxygen atoms in total. The number of carbonyl (C=O) groups is 1. The third kappa shape index (κ3) is 6.73. The van der Waals surface area contributed by atoms with Crippen molar-refractivity contribution in [3.8, 4) is 44.5 Å². The van der Waals surface area contributed by atoms with Gasteiger partial charge in [0.15, 0.2) is 12.4 Å². The highest BCUT2D eigenvalue weighted by atomic mass is 16.4. The molecule has 0 aliphatic carbocycles. The standard InChI is InChI=1S/C45H34N8O2/c54-41(55)3-1-2-26-53-27-18-32(19-28-53)45-39-10-8-37(51-39)43(30-14-22-47-23-15-30)35-6-4-33(49-35)42(29-12-20-46-21-13-29)34-5-7-36(50-34)44(31-16-24-48-25-17-31)38-9-11-40(45)52-38/h4-25,27-28H,1-3,26H2,(H2,49,50,51,52,54,55). The number of aromatic amines is 2. The zero-order chi connectivity index (χ0) is 37.1. The van der Waals surface area contributed by atoms with Crippen LogP contribution in [0.15, 0.2) is 122 Å². The SMILES string of the molecule is O=C([O-])CCCC[n+]1ccc(-c2c3nc(c(-c4ccncc4)c4ccc([nH]4)c(-c4ccncc4)c4nc(c(-c5ccncc5)c5ccc2[nH]5)C=C4)C=C3)cc1. The van der Waals surface area contributed by atoms with Gasteiger partial charge in [0.2, 0.25) is 0 Å². The minimum atomic E-state index is -1.02. The Morgan fingerprint density at radius 2 is 0.836 bits per heavy atom. The Morgan fingerprint density at radius 3 is 1.18 bits per heavy atom. The van der Waals surface area contributed by atoms with E-state index in [4.69, 9.17) is 9.97 Å². The molecule has 7 aromatic rings. The Kier molecular flexibility index (Phi) is 8.89. The first-order chi connectivity index (χ1) is 27.1. The predicted octanol–water partition coefficient (Wildman–Crippen LogP) is 7.72. The third-order valence-electron chi connectivity index (χ3n) is 9.89. The van der Waals surface area contributed by atoms with Crippen molar-refractivity contribution in [2.45, 2.75) is 25.8 Å². The summed E-state index contributed by atoms with van der Waals surface area (Å²) in [4.78, 5) is 42.0. The van der Waals surface area contributed by atoms with Gasteiger partial charge in [-0.05, 0) is 120 Å². The van der Waals surface area contributed by atoms with Gasteiger partial charge in [-0.3, -0.25) is 15.0 Å². The first-order valence-corrected chi connectivity index (χ1v) is 18.2. The van der Waals surface area contributed by atoms with Gasteiger partial charge in [-0.15, -0.1) is 0 Å². The number of carboxylic acid groups (broad SMARTS) is 1. The van der Waals surface area contributed by atoms with Gasteiger partial charge in [0.1, 0.15) is 6.54 Å². The maximum atomic E-state index is 10.9. The third-order valence-corrected chi connectivity index (χ3v) is 9.89. The Balaban J connectivity index is 1.35. The Morgan fingerprint density at radius 1 is 0.491 bits per heavy atom. The van der Waals surface area contributed by atoms with Crippen molar-refractivity contribution in [1.82, 2.24) is 34.9 Å². The van der Waals surface area contributed by atoms with E-state index < -0.39 is 5.97 Å². The first-order valence-electron chi connectivity index (χ1n) is 18.2. The van der Waals surface area contributed by atoms with E-state index in [1.807, 2.05) is 48.8 Å². The fourth-order valence-electron chi connectivity index (χ4n) is 7.31. The van der Waals surface area contributed by atoms with Crippen LogP contribution >= 0.6 is 0 Å². The molecule has 0 fully saturated rings. The van der Waals surface area contributed by atoms with E-state index in [0.717, 1.165) is 95.8 Å². The molecule has 8 bridgehead atoms. The molecule has 0 amide bonds. The van der Waals surface area contributed by atoms with Gasteiger partial charge in [0.05, 0.1) is 22.8 Å². The van der Waals surface area contributed by atoms with Crippen molar-refractivity contribution in [1.29, 1.82) is 0 Å². The number of pyridine rings is 4. The summed E-state index contributed by atoms with van der Waals surface area (Å²) in [5.41, 5.74) is 14.6. The zero-order valence-corrected chi connectivity index (χ0v) is 29.7. The van der Waals surface area contributed by atoms with Crippen molar-refractivity contribution in [3.63, 3.8) is 0 Å². The van der Waals surface area contributed by atoms with Crippen LogP contribution in [0.5, 0.6) is 0 Å². The highest BCUT2D eigenvalue weighted by Gasteiger charge is 2.19. The highest BCUT2D eigenvalue weighted by molar-refractivity contribution is 5.99. The normalized spacial score (nSPS) is 11.9. The molecule has 2 aliphatic heterocycles. The van der Waals surface area contributed by atoms with Crippen molar-refractivity contribution in [3.05, 3.63) is 145 Å². The molecule has 0 saturated heterocycles. The quantitative estimate of drug-likeness (QED) is 0.115. The lowest BCUT2D eigenvalue weighted by atomic mass is 10.0. The molecule has 9 heterocycles. The van der Waals surface area contributed by atoms with Gasteiger partial charge in [0, 0.05) is 106 Å². The molecular weight excluding hydrogens is 685 g/mol. The lowest BCUT2D eigenvalue weighted by Gasteiger charge is -2.06. The highest BCUT2D eigenvalue weighted by Crippen LogP contribution is 2.38. The molecule has 0 atom stereocenters. The van der Waals surface area contributed by atoms with Gasteiger partial charge < -0.3 is 19.9 Å². The van der Waals surface area contributed by atoms with Crippen LogP contribution in [-0.4, -0.2) is 40.9 Å². The van der Waals surface area contributed by atoms with E-state index in [-0.39, 0.29) is 6.42 Å². The van der Waals surface area contributed by atoms with Crippen LogP contribution in [0.3, 0.4) is 0 Å². The van der Waals surface area contributed by atoms with Crippen molar-refractivity contribution in [2.24, 2.45) is 0 Å². The van der Waals surface area contributed by atoms with Crippen LogP contribution in [0, 0.1) is 0 Å². The first kappa shape index (κ1) is 33.5. The fourth-order valence-corrected chi connectivity index (χ4v) is 7.31. The van der Waals surface area contributed by atoms with Gasteiger partial charge in [0.25, 0.3) is 0 Å². The number of aliphatic carboxylic acids is 1. The lowest BCUT2D eigenvalue weighted by molar-refractivity contribution is -0.697. The molecule has 7 aromatic heterocycles. The Labute approximate surface area is 316 Å². The number of nitrogens with zero attached hydrogens (tertiary/aromatic N) is 6. The average Bonchev–Trinajstić information content (AvgIpc) is 4.06. The fraction of sp³-hybridized carbons (Fsp3) is 0.0889. The van der Waals surface area contributed by atoms with E-state index in [0.29, 0.717) is 13.0 Å². The van der Waals surface area contributed by atoms with E-state index in [2.05, 4.69) is 90.2 Å². The van der Waals surface area contributed by atoms with Crippen LogP contribution < -0.4 is 9.67 Å². The number of aromatic nitrogens is 8. The lowest BCUT2D eigenvalue weighted by Crippen LogP contribution is -2.32. The predicted molar refractivity (Wildman–Crippen MR) is 213 cm³/mol. The second-order valence-electron chi connectivity index (χ2n) is 13.4. The Bertz CT molecular complexity index is 2740. The summed E-state index contributed by atoms with van der Waals surface area (Å²) in [5.74, 6) is -1.02. The topological polar surface area (TPSA) is 140 Å². The van der Waals surface area contributed by atoms with E-state index >= 15 is 0 Å². The van der Waals surface area contributed by atoms with E-state index in [1.54, 1.807) is 37.2 Å². The number of carboxylic acids is 1.